The third-order valence-electron chi connectivity index (χ3n) is 2.55. The summed E-state index contributed by atoms with van der Waals surface area (Å²) in [5.74, 6) is -0.121. The summed E-state index contributed by atoms with van der Waals surface area (Å²) in [4.78, 5) is 0. The van der Waals surface area contributed by atoms with Crippen LogP contribution in [-0.2, 0) is 15.9 Å². The summed E-state index contributed by atoms with van der Waals surface area (Å²) in [7, 11) is -3.80. The number of nitriles is 1. The van der Waals surface area contributed by atoms with Crippen LogP contribution in [-0.4, -0.2) is 8.42 Å². The van der Waals surface area contributed by atoms with E-state index in [4.69, 9.17) is 21.0 Å². The molecule has 0 unspecified atom stereocenters. The van der Waals surface area contributed by atoms with Crippen LogP contribution in [0, 0.1) is 11.3 Å². The predicted molar refractivity (Wildman–Crippen MR) is 83.6 cm³/mol. The van der Waals surface area contributed by atoms with E-state index >= 15 is 0 Å². The molecule has 0 radical (unpaired) electrons. The molecule has 0 atom stereocenters. The average molecular weight is 387 g/mol. The summed E-state index contributed by atoms with van der Waals surface area (Å²) in [6, 6.07) is 12.6. The van der Waals surface area contributed by atoms with Gasteiger partial charge in [-0.1, -0.05) is 33.6 Å². The normalized spacial score (nSPS) is 10.9. The molecule has 7 heteroatoms. The molecule has 0 aliphatic rings. The number of hydrogen-bond donors (Lipinski definition) is 0. The number of benzene rings is 2. The minimum Gasteiger partial charge on any atom is -0.382 e. The first-order valence-corrected chi connectivity index (χ1v) is 8.51. The van der Waals surface area contributed by atoms with Gasteiger partial charge in [-0.2, -0.15) is 13.7 Å². The predicted octanol–water partition coefficient (Wildman–Crippen LogP) is 3.88. The highest BCUT2D eigenvalue weighted by Crippen LogP contribution is 2.24. The molecule has 21 heavy (non-hydrogen) atoms. The van der Waals surface area contributed by atoms with Crippen LogP contribution in [0.25, 0.3) is 0 Å². The van der Waals surface area contributed by atoms with Gasteiger partial charge in [0, 0.05) is 9.50 Å². The zero-order chi connectivity index (χ0) is 15.5. The molecule has 0 aliphatic heterocycles. The molecule has 2 aromatic rings. The highest BCUT2D eigenvalue weighted by Gasteiger charge is 2.16. The Labute approximate surface area is 136 Å². The number of rotatable bonds is 4. The molecule has 0 spiro atoms. The molecule has 2 rings (SSSR count). The van der Waals surface area contributed by atoms with E-state index in [-0.39, 0.29) is 11.5 Å². The Balaban J connectivity index is 2.16. The zero-order valence-electron chi connectivity index (χ0n) is 10.6. The lowest BCUT2D eigenvalue weighted by Gasteiger charge is -2.08. The van der Waals surface area contributed by atoms with Crippen molar-refractivity contribution in [3.8, 4) is 11.8 Å². The van der Waals surface area contributed by atoms with E-state index in [0.717, 1.165) is 0 Å². The number of halogens is 2. The van der Waals surface area contributed by atoms with Crippen LogP contribution in [0.1, 0.15) is 11.1 Å². The molecule has 2 aromatic carbocycles. The number of nitrogens with zero attached hydrogens (tertiary/aromatic N) is 1. The fourth-order valence-corrected chi connectivity index (χ4v) is 3.69. The first kappa shape index (κ1) is 15.8. The lowest BCUT2D eigenvalue weighted by atomic mass is 10.2. The molecule has 0 amide bonds. The Morgan fingerprint density at radius 2 is 1.86 bits per heavy atom. The first-order valence-electron chi connectivity index (χ1n) is 5.76. The van der Waals surface area contributed by atoms with Gasteiger partial charge in [-0.15, -0.1) is 0 Å². The topological polar surface area (TPSA) is 67.2 Å². The van der Waals surface area contributed by atoms with Crippen molar-refractivity contribution in [2.45, 2.75) is 5.75 Å². The summed E-state index contributed by atoms with van der Waals surface area (Å²) in [5, 5.41) is 9.19. The minimum absolute atomic E-state index is 0.166. The van der Waals surface area contributed by atoms with Crippen molar-refractivity contribution in [3.63, 3.8) is 0 Å². The van der Waals surface area contributed by atoms with Crippen molar-refractivity contribution < 1.29 is 12.6 Å². The van der Waals surface area contributed by atoms with Crippen LogP contribution in [0.4, 0.5) is 0 Å². The average Bonchev–Trinajstić information content (AvgIpc) is 2.42. The Morgan fingerprint density at radius 3 is 2.43 bits per heavy atom. The second-order valence-electron chi connectivity index (χ2n) is 4.16. The van der Waals surface area contributed by atoms with E-state index in [1.54, 1.807) is 18.2 Å². The van der Waals surface area contributed by atoms with Gasteiger partial charge in [0.1, 0.15) is 11.5 Å². The molecule has 0 N–H and O–H groups in total. The van der Waals surface area contributed by atoms with Gasteiger partial charge < -0.3 is 4.18 Å². The van der Waals surface area contributed by atoms with Gasteiger partial charge in [0.05, 0.1) is 11.6 Å². The van der Waals surface area contributed by atoms with Crippen molar-refractivity contribution in [2.24, 2.45) is 0 Å². The molecule has 0 saturated heterocycles. The van der Waals surface area contributed by atoms with Crippen molar-refractivity contribution in [3.05, 3.63) is 63.1 Å². The first-order chi connectivity index (χ1) is 9.89. The van der Waals surface area contributed by atoms with E-state index in [9.17, 15) is 8.42 Å². The van der Waals surface area contributed by atoms with Gasteiger partial charge in [-0.25, -0.2) is 0 Å². The molecule has 0 saturated carbocycles. The van der Waals surface area contributed by atoms with Gasteiger partial charge in [-0.3, -0.25) is 0 Å². The van der Waals surface area contributed by atoms with Crippen molar-refractivity contribution in [2.75, 3.05) is 0 Å². The highest BCUT2D eigenvalue weighted by molar-refractivity contribution is 9.10. The highest BCUT2D eigenvalue weighted by atomic mass is 79.9. The Hall–Kier alpha value is -1.55. The maximum absolute atomic E-state index is 12.0. The standard InChI is InChI=1S/C14H9BrClNO3S/c15-14-7-12(16)4-3-11(14)9-21(18,19)20-13-5-1-10(8-17)2-6-13/h1-7H,9H2. The molecule has 108 valence electrons. The van der Waals surface area contributed by atoms with Crippen LogP contribution >= 0.6 is 27.5 Å². The summed E-state index contributed by atoms with van der Waals surface area (Å²) in [6.07, 6.45) is 0. The Bertz CT molecular complexity index is 798. The second kappa shape index (κ2) is 6.48. The Morgan fingerprint density at radius 1 is 1.19 bits per heavy atom. The number of hydrogen-bond acceptors (Lipinski definition) is 4. The quantitative estimate of drug-likeness (QED) is 0.748. The third kappa shape index (κ3) is 4.46. The van der Waals surface area contributed by atoms with Gasteiger partial charge >= 0.3 is 10.1 Å². The SMILES string of the molecule is N#Cc1ccc(OS(=O)(=O)Cc2ccc(Cl)cc2Br)cc1. The maximum atomic E-state index is 12.0. The van der Waals surface area contributed by atoms with Crippen LogP contribution in [0.2, 0.25) is 5.02 Å². The summed E-state index contributed by atoms with van der Waals surface area (Å²) >= 11 is 9.07. The van der Waals surface area contributed by atoms with Crippen molar-refractivity contribution >= 4 is 37.6 Å². The van der Waals surface area contributed by atoms with Crippen LogP contribution in [0.15, 0.2) is 46.9 Å². The zero-order valence-corrected chi connectivity index (χ0v) is 13.7. The smallest absolute Gasteiger partial charge is 0.313 e. The third-order valence-corrected chi connectivity index (χ3v) is 4.64. The molecule has 0 fully saturated rings. The lowest BCUT2D eigenvalue weighted by molar-refractivity contribution is 0.485. The summed E-state index contributed by atoms with van der Waals surface area (Å²) in [6.45, 7) is 0. The fourth-order valence-electron chi connectivity index (χ4n) is 1.59. The van der Waals surface area contributed by atoms with Gasteiger partial charge in [-0.05, 0) is 42.0 Å². The lowest BCUT2D eigenvalue weighted by Crippen LogP contribution is -2.12. The van der Waals surface area contributed by atoms with E-state index in [2.05, 4.69) is 15.9 Å². The van der Waals surface area contributed by atoms with E-state index in [0.29, 0.717) is 20.6 Å². The summed E-state index contributed by atoms with van der Waals surface area (Å²) in [5.41, 5.74) is 0.980. The molecular weight excluding hydrogens is 378 g/mol. The summed E-state index contributed by atoms with van der Waals surface area (Å²) < 4.78 is 29.6. The maximum Gasteiger partial charge on any atom is 0.313 e. The monoisotopic (exact) mass is 385 g/mol. The molecule has 0 aliphatic carbocycles. The second-order valence-corrected chi connectivity index (χ2v) is 7.02. The minimum atomic E-state index is -3.80. The van der Waals surface area contributed by atoms with E-state index in [1.165, 1.54) is 24.3 Å². The van der Waals surface area contributed by atoms with Crippen LogP contribution < -0.4 is 4.18 Å². The van der Waals surface area contributed by atoms with Gasteiger partial charge in [0.25, 0.3) is 0 Å². The molecule has 4 nitrogen and oxygen atoms in total. The molecule has 0 heterocycles. The molecular formula is C14H9BrClNO3S. The largest absolute Gasteiger partial charge is 0.382 e. The van der Waals surface area contributed by atoms with Gasteiger partial charge in [0.2, 0.25) is 0 Å². The van der Waals surface area contributed by atoms with Crippen LogP contribution in [0.3, 0.4) is 0 Å². The van der Waals surface area contributed by atoms with E-state index in [1.807, 2.05) is 6.07 Å². The molecule has 0 aromatic heterocycles. The fraction of sp³-hybridized carbons (Fsp3) is 0.0714. The van der Waals surface area contributed by atoms with Crippen LogP contribution in [0.5, 0.6) is 5.75 Å². The molecule has 0 bridgehead atoms. The van der Waals surface area contributed by atoms with Gasteiger partial charge in [0.15, 0.2) is 0 Å². The Kier molecular flexibility index (Phi) is 4.88. The van der Waals surface area contributed by atoms with Crippen molar-refractivity contribution in [1.29, 1.82) is 5.26 Å². The van der Waals surface area contributed by atoms with E-state index < -0.39 is 10.1 Å². The van der Waals surface area contributed by atoms with Crippen molar-refractivity contribution in [1.82, 2.24) is 0 Å².